The van der Waals surface area contributed by atoms with Gasteiger partial charge in [0.15, 0.2) is 5.17 Å². The summed E-state index contributed by atoms with van der Waals surface area (Å²) in [5, 5.41) is 4.14. The molecule has 0 bridgehead atoms. The maximum absolute atomic E-state index is 12.9. The van der Waals surface area contributed by atoms with Crippen LogP contribution in [0.1, 0.15) is 12.5 Å². The lowest BCUT2D eigenvalue weighted by Gasteiger charge is -2.08. The van der Waals surface area contributed by atoms with E-state index in [9.17, 15) is 4.39 Å². The normalized spacial score (nSPS) is 20.2. The van der Waals surface area contributed by atoms with Gasteiger partial charge >= 0.3 is 0 Å². The number of nitrogens with zero attached hydrogens (tertiary/aromatic N) is 1. The van der Waals surface area contributed by atoms with E-state index in [2.05, 4.69) is 17.2 Å². The molecule has 0 spiro atoms. The number of anilines is 1. The summed E-state index contributed by atoms with van der Waals surface area (Å²) >= 11 is 1.70. The highest BCUT2D eigenvalue weighted by molar-refractivity contribution is 8.14. The third-order valence-electron chi connectivity index (χ3n) is 2.23. The van der Waals surface area contributed by atoms with Crippen LogP contribution in [0.25, 0.3) is 0 Å². The van der Waals surface area contributed by atoms with Crippen molar-refractivity contribution in [3.8, 4) is 0 Å². The predicted molar refractivity (Wildman–Crippen MR) is 64.1 cm³/mol. The van der Waals surface area contributed by atoms with Crippen molar-refractivity contribution in [1.82, 2.24) is 0 Å². The van der Waals surface area contributed by atoms with E-state index in [-0.39, 0.29) is 5.82 Å². The minimum atomic E-state index is -0.201. The van der Waals surface area contributed by atoms with Gasteiger partial charge in [0.25, 0.3) is 0 Å². The summed E-state index contributed by atoms with van der Waals surface area (Å²) in [5.74, 6) is 0.815. The molecule has 80 valence electrons. The maximum Gasteiger partial charge on any atom is 0.161 e. The Morgan fingerprint density at radius 3 is 2.93 bits per heavy atom. The standard InChI is InChI=1S/C11H13FN2S/c1-7-5-9(12)3-4-10(7)14-11-13-8(2)6-15-11/h3-5,8H,6H2,1-2H3,(H,13,14). The smallest absolute Gasteiger partial charge is 0.161 e. The zero-order chi connectivity index (χ0) is 10.8. The summed E-state index contributed by atoms with van der Waals surface area (Å²) in [6.07, 6.45) is 0. The monoisotopic (exact) mass is 224 g/mol. The molecule has 0 saturated heterocycles. The Morgan fingerprint density at radius 2 is 2.33 bits per heavy atom. The van der Waals surface area contributed by atoms with Gasteiger partial charge in [0, 0.05) is 11.4 Å². The van der Waals surface area contributed by atoms with Gasteiger partial charge in [-0.2, -0.15) is 0 Å². The number of hydrogen-bond acceptors (Lipinski definition) is 3. The van der Waals surface area contributed by atoms with Crippen LogP contribution in [0.15, 0.2) is 23.2 Å². The molecule has 4 heteroatoms. The fourth-order valence-corrected chi connectivity index (χ4v) is 2.34. The summed E-state index contributed by atoms with van der Waals surface area (Å²) in [7, 11) is 0. The fraction of sp³-hybridized carbons (Fsp3) is 0.364. The van der Waals surface area contributed by atoms with Crippen molar-refractivity contribution >= 4 is 22.6 Å². The van der Waals surface area contributed by atoms with Crippen molar-refractivity contribution in [3.05, 3.63) is 29.6 Å². The van der Waals surface area contributed by atoms with Crippen LogP contribution < -0.4 is 5.32 Å². The molecule has 0 fully saturated rings. The first-order valence-electron chi connectivity index (χ1n) is 4.89. The van der Waals surface area contributed by atoms with E-state index in [4.69, 9.17) is 0 Å². The first kappa shape index (κ1) is 10.5. The average Bonchev–Trinajstić information content (AvgIpc) is 2.56. The van der Waals surface area contributed by atoms with Gasteiger partial charge in [-0.05, 0) is 37.6 Å². The molecule has 1 aliphatic rings. The van der Waals surface area contributed by atoms with Gasteiger partial charge in [-0.1, -0.05) is 11.8 Å². The fourth-order valence-electron chi connectivity index (χ4n) is 1.43. The van der Waals surface area contributed by atoms with E-state index in [0.29, 0.717) is 6.04 Å². The Morgan fingerprint density at radius 1 is 1.53 bits per heavy atom. The van der Waals surface area contributed by atoms with Crippen LogP contribution in [0.5, 0.6) is 0 Å². The second kappa shape index (κ2) is 4.23. The molecule has 15 heavy (non-hydrogen) atoms. The van der Waals surface area contributed by atoms with Crippen molar-refractivity contribution in [2.24, 2.45) is 4.99 Å². The number of nitrogens with one attached hydrogen (secondary N) is 1. The molecule has 2 rings (SSSR count). The van der Waals surface area contributed by atoms with Gasteiger partial charge in [-0.25, -0.2) is 4.39 Å². The van der Waals surface area contributed by atoms with Gasteiger partial charge in [0.1, 0.15) is 5.82 Å². The number of thioether (sulfide) groups is 1. The average molecular weight is 224 g/mol. The summed E-state index contributed by atoms with van der Waals surface area (Å²) in [4.78, 5) is 4.42. The van der Waals surface area contributed by atoms with Crippen molar-refractivity contribution in [2.75, 3.05) is 11.1 Å². The molecule has 0 saturated carbocycles. The Balaban J connectivity index is 2.14. The minimum absolute atomic E-state index is 0.201. The molecule has 0 aliphatic carbocycles. The lowest BCUT2D eigenvalue weighted by atomic mass is 10.2. The predicted octanol–water partition coefficient (Wildman–Crippen LogP) is 3.04. The Kier molecular flexibility index (Phi) is 2.95. The summed E-state index contributed by atoms with van der Waals surface area (Å²) in [6, 6.07) is 5.10. The van der Waals surface area contributed by atoms with Gasteiger partial charge in [-0.15, -0.1) is 0 Å². The molecule has 1 N–H and O–H groups in total. The minimum Gasteiger partial charge on any atom is -0.335 e. The second-order valence-electron chi connectivity index (χ2n) is 3.68. The van der Waals surface area contributed by atoms with Crippen molar-refractivity contribution < 1.29 is 4.39 Å². The number of aryl methyl sites for hydroxylation is 1. The van der Waals surface area contributed by atoms with Crippen LogP contribution in [0.3, 0.4) is 0 Å². The van der Waals surface area contributed by atoms with Gasteiger partial charge in [0.05, 0.1) is 6.04 Å². The maximum atomic E-state index is 12.9. The largest absolute Gasteiger partial charge is 0.335 e. The van der Waals surface area contributed by atoms with Crippen LogP contribution in [0.4, 0.5) is 10.1 Å². The van der Waals surface area contributed by atoms with E-state index in [1.807, 2.05) is 6.92 Å². The van der Waals surface area contributed by atoms with Crippen molar-refractivity contribution in [1.29, 1.82) is 0 Å². The number of halogens is 1. The van der Waals surface area contributed by atoms with Gasteiger partial charge in [-0.3, -0.25) is 4.99 Å². The number of rotatable bonds is 1. The molecule has 0 radical (unpaired) electrons. The third-order valence-corrected chi connectivity index (χ3v) is 3.36. The van der Waals surface area contributed by atoms with Gasteiger partial charge < -0.3 is 5.32 Å². The van der Waals surface area contributed by atoms with Crippen molar-refractivity contribution in [2.45, 2.75) is 19.9 Å². The molecule has 0 aromatic heterocycles. The summed E-state index contributed by atoms with van der Waals surface area (Å²) in [5.41, 5.74) is 1.83. The zero-order valence-electron chi connectivity index (χ0n) is 8.75. The molecular weight excluding hydrogens is 211 g/mol. The molecule has 1 atom stereocenters. The molecule has 1 aromatic carbocycles. The van der Waals surface area contributed by atoms with Crippen LogP contribution in [0, 0.1) is 12.7 Å². The van der Waals surface area contributed by atoms with Crippen LogP contribution in [-0.4, -0.2) is 17.0 Å². The number of benzene rings is 1. The van der Waals surface area contributed by atoms with E-state index >= 15 is 0 Å². The van der Waals surface area contributed by atoms with Crippen molar-refractivity contribution in [3.63, 3.8) is 0 Å². The van der Waals surface area contributed by atoms with E-state index in [1.165, 1.54) is 12.1 Å². The summed E-state index contributed by atoms with van der Waals surface area (Å²) in [6.45, 7) is 3.97. The molecule has 1 aliphatic heterocycles. The Bertz CT molecular complexity index is 404. The summed E-state index contributed by atoms with van der Waals surface area (Å²) < 4.78 is 12.9. The lowest BCUT2D eigenvalue weighted by Crippen LogP contribution is -2.06. The third kappa shape index (κ3) is 2.50. The van der Waals surface area contributed by atoms with E-state index < -0.39 is 0 Å². The quantitative estimate of drug-likeness (QED) is 0.793. The van der Waals surface area contributed by atoms with Crippen LogP contribution >= 0.6 is 11.8 Å². The molecule has 1 unspecified atom stereocenters. The Labute approximate surface area is 93.0 Å². The highest BCUT2D eigenvalue weighted by atomic mass is 32.2. The zero-order valence-corrected chi connectivity index (χ0v) is 9.57. The van der Waals surface area contributed by atoms with Crippen LogP contribution in [0.2, 0.25) is 0 Å². The second-order valence-corrected chi connectivity index (χ2v) is 4.69. The Hall–Kier alpha value is -1.03. The SMILES string of the molecule is Cc1cc(F)ccc1NC1=NC(C)CS1. The van der Waals surface area contributed by atoms with Gasteiger partial charge in [0.2, 0.25) is 0 Å². The highest BCUT2D eigenvalue weighted by Crippen LogP contribution is 2.22. The molecule has 1 heterocycles. The molecule has 2 nitrogen and oxygen atoms in total. The lowest BCUT2D eigenvalue weighted by molar-refractivity contribution is 0.627. The number of aliphatic imine (C=N–C) groups is 1. The number of amidine groups is 1. The topological polar surface area (TPSA) is 24.4 Å². The van der Waals surface area contributed by atoms with E-state index in [1.54, 1.807) is 17.8 Å². The molecule has 0 amide bonds. The van der Waals surface area contributed by atoms with Crippen LogP contribution in [-0.2, 0) is 0 Å². The molecular formula is C11H13FN2S. The molecule has 1 aromatic rings. The highest BCUT2D eigenvalue weighted by Gasteiger charge is 2.14. The number of hydrogen-bond donors (Lipinski definition) is 1. The van der Waals surface area contributed by atoms with E-state index in [0.717, 1.165) is 22.2 Å². The first-order valence-corrected chi connectivity index (χ1v) is 5.87. The first-order chi connectivity index (χ1) is 7.15.